The zero-order valence-electron chi connectivity index (χ0n) is 16.7. The maximum absolute atomic E-state index is 12.2. The quantitative estimate of drug-likeness (QED) is 0.655. The minimum atomic E-state index is -1.13. The van der Waals surface area contributed by atoms with Gasteiger partial charge in [0.15, 0.2) is 6.29 Å². The van der Waals surface area contributed by atoms with Gasteiger partial charge in [0, 0.05) is 11.6 Å². The normalized spacial score (nSPS) is 22.6. The number of nitrogens with zero attached hydrogens (tertiary/aromatic N) is 3. The Bertz CT molecular complexity index is 1230. The van der Waals surface area contributed by atoms with Crippen molar-refractivity contribution in [2.75, 3.05) is 4.90 Å². The van der Waals surface area contributed by atoms with Crippen LogP contribution in [-0.4, -0.2) is 24.6 Å². The maximum Gasteiger partial charge on any atom is 0.239 e. The van der Waals surface area contributed by atoms with E-state index in [1.807, 2.05) is 11.0 Å². The number of allylic oxidation sites excluding steroid dienone is 4. The molecule has 7 heteroatoms. The van der Waals surface area contributed by atoms with Crippen LogP contribution in [0.25, 0.3) is 16.3 Å². The highest BCUT2D eigenvalue weighted by molar-refractivity contribution is 6.07. The Morgan fingerprint density at radius 2 is 1.97 bits per heavy atom. The molecule has 0 radical (unpaired) electrons. The summed E-state index contributed by atoms with van der Waals surface area (Å²) < 4.78 is 0. The van der Waals surface area contributed by atoms with Gasteiger partial charge in [0.05, 0.1) is 18.4 Å². The maximum atomic E-state index is 12.2. The second kappa shape index (κ2) is 7.98. The summed E-state index contributed by atoms with van der Waals surface area (Å²) >= 11 is 0. The van der Waals surface area contributed by atoms with Crippen molar-refractivity contribution in [3.05, 3.63) is 71.1 Å². The highest BCUT2D eigenvalue weighted by Gasteiger charge is 2.45. The number of benzene rings is 2. The van der Waals surface area contributed by atoms with Gasteiger partial charge in [0.25, 0.3) is 0 Å². The van der Waals surface area contributed by atoms with Gasteiger partial charge in [-0.2, -0.15) is 0 Å². The second-order valence-corrected chi connectivity index (χ2v) is 7.84. The van der Waals surface area contributed by atoms with E-state index in [9.17, 15) is 4.79 Å². The molecule has 2 aliphatic carbocycles. The summed E-state index contributed by atoms with van der Waals surface area (Å²) in [5.74, 6) is 0. The molecule has 1 atom stereocenters. The number of nitrogens with one attached hydrogen (secondary N) is 1. The number of halogens is 2. The first kappa shape index (κ1) is 21.3. The third kappa shape index (κ3) is 2.95. The van der Waals surface area contributed by atoms with Crippen molar-refractivity contribution in [2.24, 2.45) is 9.98 Å². The van der Waals surface area contributed by atoms with E-state index in [4.69, 9.17) is 0 Å². The molecule has 0 saturated carbocycles. The van der Waals surface area contributed by atoms with E-state index < -0.39 is 5.66 Å². The monoisotopic (exact) mass is 452 g/mol. The van der Waals surface area contributed by atoms with Crippen LogP contribution in [0, 0.1) is 0 Å². The van der Waals surface area contributed by atoms with Crippen LogP contribution in [0.1, 0.15) is 30.4 Å². The zero-order chi connectivity index (χ0) is 19.4. The molecule has 1 N–H and O–H groups in total. The van der Waals surface area contributed by atoms with Gasteiger partial charge in [-0.15, -0.1) is 24.8 Å². The smallest absolute Gasteiger partial charge is 0.239 e. The van der Waals surface area contributed by atoms with Crippen molar-refractivity contribution < 1.29 is 4.79 Å². The Morgan fingerprint density at radius 1 is 1.06 bits per heavy atom. The van der Waals surface area contributed by atoms with Crippen LogP contribution < -0.4 is 10.2 Å². The van der Waals surface area contributed by atoms with Crippen molar-refractivity contribution >= 4 is 65.8 Å². The molecular formula is C24H22Cl2N4O. The van der Waals surface area contributed by atoms with Gasteiger partial charge in [0.1, 0.15) is 5.70 Å². The first-order valence-electron chi connectivity index (χ1n) is 10.1. The molecule has 2 heterocycles. The van der Waals surface area contributed by atoms with Crippen LogP contribution in [0.5, 0.6) is 0 Å². The lowest BCUT2D eigenvalue weighted by Gasteiger charge is -2.33. The van der Waals surface area contributed by atoms with Gasteiger partial charge in [-0.25, -0.2) is 9.98 Å². The number of carbonyl (C=O) groups excluding carboxylic acids is 1. The molecular weight excluding hydrogens is 431 g/mol. The molecule has 2 aromatic carbocycles. The Morgan fingerprint density at radius 3 is 2.84 bits per heavy atom. The third-order valence-electron chi connectivity index (χ3n) is 6.43. The fraction of sp³-hybridized carbons (Fsp3) is 0.208. The van der Waals surface area contributed by atoms with Crippen molar-refractivity contribution in [1.29, 1.82) is 0 Å². The lowest BCUT2D eigenvalue weighted by Crippen LogP contribution is -2.48. The molecule has 1 unspecified atom stereocenters. The molecule has 0 aromatic heterocycles. The Hall–Kier alpha value is -2.89. The SMILES string of the molecule is Cl.Cl.O=CC12N=CNC=C1N=CN2c1cccc2c3c(ccc12)C1=C(CCC=C1)CC3. The average molecular weight is 453 g/mol. The number of carbonyl (C=O) groups is 1. The summed E-state index contributed by atoms with van der Waals surface area (Å²) in [6.07, 6.45) is 15.0. The first-order chi connectivity index (χ1) is 14.3. The predicted octanol–water partition coefficient (Wildman–Crippen LogP) is 4.95. The molecule has 158 valence electrons. The fourth-order valence-corrected chi connectivity index (χ4v) is 5.01. The molecule has 6 rings (SSSR count). The largest absolute Gasteiger partial charge is 0.351 e. The van der Waals surface area contributed by atoms with E-state index in [1.54, 1.807) is 24.5 Å². The van der Waals surface area contributed by atoms with Gasteiger partial charge in [-0.05, 0) is 53.8 Å². The second-order valence-electron chi connectivity index (χ2n) is 7.84. The summed E-state index contributed by atoms with van der Waals surface area (Å²) in [6.45, 7) is 0. The van der Waals surface area contributed by atoms with E-state index >= 15 is 0 Å². The number of fused-ring (bicyclic) bond motifs is 5. The standard InChI is InChI=1S/C24H20N4O.2ClH/c29-13-24-23(12-25-14-27-24)26-15-28(24)22-7-3-6-18-20-9-8-16-4-1-2-5-17(16)19(20)10-11-21(18)22;;/h2-3,5-7,10-15H,1,4,8-9H2,(H,25,27);2*1H. The van der Waals surface area contributed by atoms with Crippen molar-refractivity contribution in [2.45, 2.75) is 31.3 Å². The van der Waals surface area contributed by atoms with Crippen molar-refractivity contribution in [1.82, 2.24) is 5.32 Å². The van der Waals surface area contributed by atoms with Crippen molar-refractivity contribution in [3.8, 4) is 0 Å². The summed E-state index contributed by atoms with van der Waals surface area (Å²) in [5, 5.41) is 5.30. The third-order valence-corrected chi connectivity index (χ3v) is 6.43. The zero-order valence-corrected chi connectivity index (χ0v) is 18.4. The van der Waals surface area contributed by atoms with Crippen LogP contribution in [0.15, 0.2) is 69.9 Å². The van der Waals surface area contributed by atoms with Crippen LogP contribution in [-0.2, 0) is 11.2 Å². The Labute approximate surface area is 193 Å². The van der Waals surface area contributed by atoms with Crippen LogP contribution in [0.4, 0.5) is 5.69 Å². The van der Waals surface area contributed by atoms with Crippen molar-refractivity contribution in [3.63, 3.8) is 0 Å². The van der Waals surface area contributed by atoms with Crippen LogP contribution in [0.3, 0.4) is 0 Å². The number of hydrogen-bond acceptors (Lipinski definition) is 5. The molecule has 0 fully saturated rings. The minimum absolute atomic E-state index is 0. The molecule has 31 heavy (non-hydrogen) atoms. The number of aliphatic imine (C=N–C) groups is 2. The van der Waals surface area contributed by atoms with E-state index in [0.717, 1.165) is 36.6 Å². The minimum Gasteiger partial charge on any atom is -0.351 e. The first-order valence-corrected chi connectivity index (χ1v) is 10.1. The van der Waals surface area contributed by atoms with E-state index in [-0.39, 0.29) is 24.8 Å². The van der Waals surface area contributed by atoms with Crippen LogP contribution in [0.2, 0.25) is 0 Å². The number of anilines is 1. The lowest BCUT2D eigenvalue weighted by atomic mass is 9.79. The summed E-state index contributed by atoms with van der Waals surface area (Å²) in [6, 6.07) is 10.7. The fourth-order valence-electron chi connectivity index (χ4n) is 5.01. The number of hydrogen-bond donors (Lipinski definition) is 1. The van der Waals surface area contributed by atoms with E-state index in [0.29, 0.717) is 5.70 Å². The highest BCUT2D eigenvalue weighted by atomic mass is 35.5. The predicted molar refractivity (Wildman–Crippen MR) is 132 cm³/mol. The Kier molecular flexibility index (Phi) is 5.50. The van der Waals surface area contributed by atoms with Gasteiger partial charge in [-0.1, -0.05) is 42.0 Å². The van der Waals surface area contributed by atoms with Crippen LogP contribution >= 0.6 is 24.8 Å². The van der Waals surface area contributed by atoms with Gasteiger partial charge < -0.3 is 5.32 Å². The molecule has 4 aliphatic rings. The lowest BCUT2D eigenvalue weighted by molar-refractivity contribution is -0.110. The molecule has 0 saturated heterocycles. The Balaban J connectivity index is 0.00000116. The molecule has 2 aromatic rings. The number of aldehydes is 1. The highest BCUT2D eigenvalue weighted by Crippen LogP contribution is 2.43. The molecule has 0 bridgehead atoms. The van der Waals surface area contributed by atoms with Gasteiger partial charge in [0.2, 0.25) is 5.66 Å². The molecule has 0 amide bonds. The summed E-state index contributed by atoms with van der Waals surface area (Å²) in [5.41, 5.74) is 6.17. The summed E-state index contributed by atoms with van der Waals surface area (Å²) in [7, 11) is 0. The van der Waals surface area contributed by atoms with E-state index in [2.05, 4.69) is 51.7 Å². The van der Waals surface area contributed by atoms with E-state index in [1.165, 1.54) is 28.5 Å². The average Bonchev–Trinajstić information content (AvgIpc) is 3.18. The van der Waals surface area contributed by atoms with Gasteiger partial charge in [-0.3, -0.25) is 9.69 Å². The molecule has 5 nitrogen and oxygen atoms in total. The topological polar surface area (TPSA) is 57.1 Å². The number of rotatable bonds is 2. The molecule has 0 spiro atoms. The number of aryl methyl sites for hydroxylation is 1. The molecule has 2 aliphatic heterocycles. The van der Waals surface area contributed by atoms with Gasteiger partial charge >= 0.3 is 0 Å². The summed E-state index contributed by atoms with van der Waals surface area (Å²) in [4.78, 5) is 22.9.